The van der Waals surface area contributed by atoms with Gasteiger partial charge in [0.2, 0.25) is 0 Å². The van der Waals surface area contributed by atoms with E-state index in [0.29, 0.717) is 13.2 Å². The number of methoxy groups -OCH3 is 1. The Hall–Kier alpha value is -2.78. The summed E-state index contributed by atoms with van der Waals surface area (Å²) in [5.74, 6) is 0. The molecule has 0 radical (unpaired) electrons. The van der Waals surface area contributed by atoms with E-state index in [2.05, 4.69) is 5.16 Å². The number of ether oxygens (including phenoxy) is 5. The molecule has 1 heterocycles. The molecule has 0 spiro atoms. The molecule has 0 saturated carbocycles. The molecule has 1 saturated heterocycles. The fourth-order valence-corrected chi connectivity index (χ4v) is 4.27. The molecule has 1 aliphatic rings. The van der Waals surface area contributed by atoms with Gasteiger partial charge in [0.05, 0.1) is 19.8 Å². The zero-order chi connectivity index (χ0) is 25.2. The summed E-state index contributed by atoms with van der Waals surface area (Å²) >= 11 is 6.29. The predicted octanol–water partition coefficient (Wildman–Crippen LogP) is 5.14. The third-order valence-electron chi connectivity index (χ3n) is 5.91. The second-order valence-electron chi connectivity index (χ2n) is 8.37. The molecule has 1 fully saturated rings. The maximum atomic E-state index is 9.47. The van der Waals surface area contributed by atoms with Gasteiger partial charge in [0.1, 0.15) is 24.4 Å². The van der Waals surface area contributed by atoms with Crippen LogP contribution in [-0.2, 0) is 43.5 Å². The zero-order valence-electron chi connectivity index (χ0n) is 20.0. The van der Waals surface area contributed by atoms with E-state index in [4.69, 9.17) is 35.3 Å². The van der Waals surface area contributed by atoms with E-state index in [1.54, 1.807) is 0 Å². The first-order valence-corrected chi connectivity index (χ1v) is 12.1. The predicted molar refractivity (Wildman–Crippen MR) is 136 cm³/mol. The average Bonchev–Trinajstić information content (AvgIpc) is 2.94. The van der Waals surface area contributed by atoms with Crippen molar-refractivity contribution in [2.75, 3.05) is 7.11 Å². The van der Waals surface area contributed by atoms with Gasteiger partial charge >= 0.3 is 0 Å². The van der Waals surface area contributed by atoms with Crippen LogP contribution >= 0.6 is 11.6 Å². The van der Waals surface area contributed by atoms with E-state index in [1.807, 2.05) is 91.0 Å². The van der Waals surface area contributed by atoms with Gasteiger partial charge in [-0.2, -0.15) is 0 Å². The molecule has 190 valence electrons. The number of benzene rings is 3. The lowest BCUT2D eigenvalue weighted by Gasteiger charge is -2.45. The van der Waals surface area contributed by atoms with Gasteiger partial charge in [0.15, 0.2) is 11.5 Å². The summed E-state index contributed by atoms with van der Waals surface area (Å²) in [5.41, 5.74) is 2.94. The summed E-state index contributed by atoms with van der Waals surface area (Å²) in [4.78, 5) is 0. The zero-order valence-corrected chi connectivity index (χ0v) is 20.7. The number of hydrogen-bond donors (Lipinski definition) is 1. The monoisotopic (exact) mass is 511 g/mol. The van der Waals surface area contributed by atoms with Crippen LogP contribution in [0.3, 0.4) is 0 Å². The van der Waals surface area contributed by atoms with Crippen LogP contribution in [0.15, 0.2) is 96.2 Å². The van der Waals surface area contributed by atoms with Crippen molar-refractivity contribution < 1.29 is 28.9 Å². The SMILES string of the molecule is CO[C@H]1O[C@H](/C(Cl)=N/O)[C@@H](OCc2ccccc2)[C@H](OCc2ccccc2)[C@H]1OCc1ccccc1. The summed E-state index contributed by atoms with van der Waals surface area (Å²) in [6.45, 7) is 0.895. The second-order valence-corrected chi connectivity index (χ2v) is 8.75. The molecule has 5 atom stereocenters. The molecule has 1 N–H and O–H groups in total. The third-order valence-corrected chi connectivity index (χ3v) is 6.20. The Morgan fingerprint density at radius 1 is 0.722 bits per heavy atom. The minimum atomic E-state index is -0.928. The van der Waals surface area contributed by atoms with Gasteiger partial charge in [-0.25, -0.2) is 0 Å². The van der Waals surface area contributed by atoms with Gasteiger partial charge in [-0.15, -0.1) is 0 Å². The fraction of sp³-hybridized carbons (Fsp3) is 0.321. The maximum absolute atomic E-state index is 9.47. The molecule has 3 aromatic rings. The van der Waals surface area contributed by atoms with Crippen molar-refractivity contribution in [3.63, 3.8) is 0 Å². The Balaban J connectivity index is 1.62. The number of nitrogens with zero attached hydrogens (tertiary/aromatic N) is 1. The topological polar surface area (TPSA) is 78.7 Å². The van der Waals surface area contributed by atoms with Crippen LogP contribution in [0.2, 0.25) is 0 Å². The highest BCUT2D eigenvalue weighted by molar-refractivity contribution is 6.66. The molecule has 0 amide bonds. The highest BCUT2D eigenvalue weighted by Gasteiger charge is 2.50. The lowest BCUT2D eigenvalue weighted by atomic mass is 9.98. The highest BCUT2D eigenvalue weighted by atomic mass is 35.5. The van der Waals surface area contributed by atoms with Crippen LogP contribution in [0.5, 0.6) is 0 Å². The molecule has 7 nitrogen and oxygen atoms in total. The molecular formula is C28H30ClNO6. The largest absolute Gasteiger partial charge is 0.410 e. The van der Waals surface area contributed by atoms with Crippen LogP contribution < -0.4 is 0 Å². The Labute approximate surface area is 216 Å². The minimum Gasteiger partial charge on any atom is -0.410 e. The minimum absolute atomic E-state index is 0.162. The summed E-state index contributed by atoms with van der Waals surface area (Å²) in [6, 6.07) is 29.3. The van der Waals surface area contributed by atoms with Crippen LogP contribution in [0.1, 0.15) is 16.7 Å². The van der Waals surface area contributed by atoms with Crippen molar-refractivity contribution >= 4 is 16.8 Å². The molecule has 1 aliphatic heterocycles. The van der Waals surface area contributed by atoms with E-state index < -0.39 is 30.7 Å². The fourth-order valence-electron chi connectivity index (χ4n) is 4.10. The van der Waals surface area contributed by atoms with Crippen LogP contribution in [0, 0.1) is 0 Å². The molecule has 4 rings (SSSR count). The maximum Gasteiger partial charge on any atom is 0.187 e. The number of rotatable bonds is 11. The quantitative estimate of drug-likeness (QED) is 0.218. The van der Waals surface area contributed by atoms with Crippen molar-refractivity contribution in [2.24, 2.45) is 5.16 Å². The molecule has 0 aromatic heterocycles. The van der Waals surface area contributed by atoms with Gasteiger partial charge in [0, 0.05) is 7.11 Å². The molecule has 0 bridgehead atoms. The molecule has 0 unspecified atom stereocenters. The van der Waals surface area contributed by atoms with Crippen LogP contribution in [-0.4, -0.2) is 48.2 Å². The lowest BCUT2D eigenvalue weighted by molar-refractivity contribution is -0.305. The molecule has 36 heavy (non-hydrogen) atoms. The summed E-state index contributed by atoms with van der Waals surface area (Å²) in [5, 5.41) is 12.5. The second kappa shape index (κ2) is 13.5. The number of halogens is 1. The van der Waals surface area contributed by atoms with E-state index >= 15 is 0 Å². The first-order chi connectivity index (χ1) is 17.7. The van der Waals surface area contributed by atoms with Crippen LogP contribution in [0.4, 0.5) is 0 Å². The van der Waals surface area contributed by atoms with E-state index in [0.717, 1.165) is 16.7 Å². The third kappa shape index (κ3) is 6.91. The van der Waals surface area contributed by atoms with Crippen molar-refractivity contribution in [2.45, 2.75) is 50.5 Å². The Bertz CT molecular complexity index is 1070. The summed E-state index contributed by atoms with van der Waals surface area (Å²) < 4.78 is 30.8. The van der Waals surface area contributed by atoms with Crippen molar-refractivity contribution in [1.29, 1.82) is 0 Å². The van der Waals surface area contributed by atoms with E-state index in [-0.39, 0.29) is 11.8 Å². The number of hydrogen-bond acceptors (Lipinski definition) is 7. The van der Waals surface area contributed by atoms with Crippen molar-refractivity contribution in [3.8, 4) is 0 Å². The normalized spacial score (nSPS) is 24.5. The van der Waals surface area contributed by atoms with Gasteiger partial charge < -0.3 is 28.9 Å². The van der Waals surface area contributed by atoms with Crippen molar-refractivity contribution in [1.82, 2.24) is 0 Å². The Morgan fingerprint density at radius 2 is 1.14 bits per heavy atom. The molecule has 8 heteroatoms. The Kier molecular flexibility index (Phi) is 9.86. The first kappa shape index (κ1) is 26.3. The molecular weight excluding hydrogens is 482 g/mol. The smallest absolute Gasteiger partial charge is 0.187 e. The van der Waals surface area contributed by atoms with E-state index in [1.165, 1.54) is 7.11 Å². The van der Waals surface area contributed by atoms with Gasteiger partial charge in [-0.3, -0.25) is 0 Å². The number of oxime groups is 1. The molecule has 3 aromatic carbocycles. The molecule has 0 aliphatic carbocycles. The van der Waals surface area contributed by atoms with Gasteiger partial charge in [-0.05, 0) is 16.7 Å². The summed E-state index contributed by atoms with van der Waals surface area (Å²) in [6.07, 6.45) is -3.82. The highest BCUT2D eigenvalue weighted by Crippen LogP contribution is 2.32. The van der Waals surface area contributed by atoms with Crippen LogP contribution in [0.25, 0.3) is 0 Å². The standard InChI is InChI=1S/C28H30ClNO6/c1-32-28-26(35-19-22-15-9-4-10-16-22)24(34-18-21-13-7-3-8-14-21)23(25(36-28)27(29)30-31)33-17-20-11-5-2-6-12-20/h2-16,23-26,28,31H,17-19H2,1H3/b30-27-/t23-,24-,25-,26+,28-/m0/s1. The van der Waals surface area contributed by atoms with Gasteiger partial charge in [0.25, 0.3) is 0 Å². The Morgan fingerprint density at radius 3 is 1.56 bits per heavy atom. The average molecular weight is 512 g/mol. The van der Waals surface area contributed by atoms with Crippen molar-refractivity contribution in [3.05, 3.63) is 108 Å². The van der Waals surface area contributed by atoms with Gasteiger partial charge in [-0.1, -0.05) is 108 Å². The van der Waals surface area contributed by atoms with E-state index in [9.17, 15) is 5.21 Å². The summed E-state index contributed by atoms with van der Waals surface area (Å²) in [7, 11) is 1.52. The lowest BCUT2D eigenvalue weighted by Crippen LogP contribution is -2.62. The first-order valence-electron chi connectivity index (χ1n) is 11.7.